The average Bonchev–Trinajstić information content (AvgIpc) is 3.31. The maximum atomic E-state index is 4.87. The fourth-order valence-corrected chi connectivity index (χ4v) is 5.83. The molecule has 7 aromatic rings. The number of fused-ring (bicyclic) bond motifs is 7. The number of thiophene rings is 1. The zero-order valence-corrected chi connectivity index (χ0v) is 16.3. The van der Waals surface area contributed by atoms with Crippen molar-refractivity contribution >= 4 is 70.6 Å². The summed E-state index contributed by atoms with van der Waals surface area (Å²) < 4.78 is 5.94. The molecule has 0 atom stereocenters. The summed E-state index contributed by atoms with van der Waals surface area (Å²) in [4.78, 5) is 4.87. The lowest BCUT2D eigenvalue weighted by atomic mass is 10.0. The van der Waals surface area contributed by atoms with Gasteiger partial charge in [0.05, 0.1) is 29.0 Å². The van der Waals surface area contributed by atoms with Gasteiger partial charge in [0.1, 0.15) is 5.52 Å². The molecular weight excluding hydrogens is 362 g/mol. The Morgan fingerprint density at radius 2 is 1.82 bits per heavy atom. The Kier molecular flexibility index (Phi) is 2.52. The number of aryl methyl sites for hydroxylation is 2. The summed E-state index contributed by atoms with van der Waals surface area (Å²) in [7, 11) is 2.11. The summed E-state index contributed by atoms with van der Waals surface area (Å²) in [5, 5.41) is 8.61. The molecule has 0 aliphatic heterocycles. The lowest BCUT2D eigenvalue weighted by Crippen LogP contribution is -2.30. The van der Waals surface area contributed by atoms with E-state index >= 15 is 0 Å². The van der Waals surface area contributed by atoms with Gasteiger partial charge in [-0.2, -0.15) is 0 Å². The SMILES string of the molecule is Cc1ccc2c3ccccc3n3c4cc5sccc5c5nc[n+](C)c(c1c23)c54. The van der Waals surface area contributed by atoms with E-state index in [1.807, 2.05) is 6.33 Å². The molecule has 0 fully saturated rings. The lowest BCUT2D eigenvalue weighted by Gasteiger charge is -2.13. The summed E-state index contributed by atoms with van der Waals surface area (Å²) in [5.41, 5.74) is 7.49. The van der Waals surface area contributed by atoms with Gasteiger partial charge in [-0.25, -0.2) is 4.57 Å². The van der Waals surface area contributed by atoms with Crippen LogP contribution in [0.1, 0.15) is 5.56 Å². The molecule has 0 amide bonds. The monoisotopic (exact) mass is 378 g/mol. The second kappa shape index (κ2) is 4.78. The van der Waals surface area contributed by atoms with E-state index in [0.29, 0.717) is 0 Å². The van der Waals surface area contributed by atoms with Crippen LogP contribution >= 0.6 is 11.3 Å². The van der Waals surface area contributed by atoms with Crippen molar-refractivity contribution in [1.82, 2.24) is 9.38 Å². The number of benzene rings is 3. The van der Waals surface area contributed by atoms with E-state index in [-0.39, 0.29) is 0 Å². The summed E-state index contributed by atoms with van der Waals surface area (Å²) >= 11 is 1.79. The molecule has 3 nitrogen and oxygen atoms in total. The number of hydrogen-bond donors (Lipinski definition) is 0. The van der Waals surface area contributed by atoms with E-state index in [0.717, 1.165) is 5.52 Å². The number of pyridine rings is 1. The van der Waals surface area contributed by atoms with Gasteiger partial charge in [-0.3, -0.25) is 0 Å². The van der Waals surface area contributed by atoms with Crippen molar-refractivity contribution in [2.24, 2.45) is 7.05 Å². The molecule has 0 saturated heterocycles. The highest BCUT2D eigenvalue weighted by Gasteiger charge is 2.25. The van der Waals surface area contributed by atoms with Gasteiger partial charge in [-0.05, 0) is 41.1 Å². The van der Waals surface area contributed by atoms with Crippen molar-refractivity contribution < 1.29 is 4.57 Å². The minimum absolute atomic E-state index is 1.10. The molecule has 0 saturated carbocycles. The normalized spacial score (nSPS) is 12.6. The molecule has 4 aromatic heterocycles. The van der Waals surface area contributed by atoms with E-state index < -0.39 is 0 Å². The molecule has 4 heteroatoms. The Balaban J connectivity index is 2.02. The molecule has 0 radical (unpaired) electrons. The lowest BCUT2D eigenvalue weighted by molar-refractivity contribution is -0.646. The van der Waals surface area contributed by atoms with Crippen LogP contribution in [0.4, 0.5) is 0 Å². The van der Waals surface area contributed by atoms with E-state index in [4.69, 9.17) is 4.98 Å². The van der Waals surface area contributed by atoms with Crippen molar-refractivity contribution in [2.75, 3.05) is 0 Å². The number of hydrogen-bond acceptors (Lipinski definition) is 2. The van der Waals surface area contributed by atoms with E-state index in [1.165, 1.54) is 59.3 Å². The van der Waals surface area contributed by atoms with Crippen molar-refractivity contribution in [1.29, 1.82) is 0 Å². The molecule has 0 bridgehead atoms. The van der Waals surface area contributed by atoms with E-state index in [2.05, 4.69) is 76.9 Å². The van der Waals surface area contributed by atoms with E-state index in [1.54, 1.807) is 11.3 Å². The number of nitrogens with zero attached hydrogens (tertiary/aromatic N) is 3. The predicted octanol–water partition coefficient (Wildman–Crippen LogP) is 5.73. The van der Waals surface area contributed by atoms with Gasteiger partial charge in [0.15, 0.2) is 5.52 Å². The van der Waals surface area contributed by atoms with Crippen LogP contribution in [0.2, 0.25) is 0 Å². The largest absolute Gasteiger partial charge is 0.307 e. The zero-order chi connectivity index (χ0) is 18.6. The van der Waals surface area contributed by atoms with E-state index in [9.17, 15) is 0 Å². The van der Waals surface area contributed by atoms with Crippen molar-refractivity contribution in [3.8, 4) is 0 Å². The second-order valence-electron chi connectivity index (χ2n) is 7.66. The topological polar surface area (TPSA) is 21.2 Å². The van der Waals surface area contributed by atoms with Crippen molar-refractivity contribution in [3.63, 3.8) is 0 Å². The summed E-state index contributed by atoms with van der Waals surface area (Å²) in [6.07, 6.45) is 1.97. The van der Waals surface area contributed by atoms with Crippen LogP contribution in [0.25, 0.3) is 59.2 Å². The van der Waals surface area contributed by atoms with Crippen LogP contribution in [0.5, 0.6) is 0 Å². The minimum Gasteiger partial charge on any atom is -0.307 e. The maximum Gasteiger partial charge on any atom is 0.287 e. The third-order valence-electron chi connectivity index (χ3n) is 6.18. The molecule has 0 N–H and O–H groups in total. The Morgan fingerprint density at radius 3 is 2.75 bits per heavy atom. The fraction of sp³-hybridized carbons (Fsp3) is 0.0833. The Labute approximate surface area is 164 Å². The van der Waals surface area contributed by atoms with Crippen LogP contribution in [-0.2, 0) is 7.05 Å². The van der Waals surface area contributed by atoms with Crippen LogP contribution < -0.4 is 4.57 Å². The Bertz CT molecular complexity index is 1730. The molecule has 0 aliphatic carbocycles. The molecule has 3 aromatic carbocycles. The smallest absolute Gasteiger partial charge is 0.287 e. The summed E-state index contributed by atoms with van der Waals surface area (Å²) in [6.45, 7) is 2.22. The van der Waals surface area contributed by atoms with Crippen LogP contribution in [0.15, 0.2) is 60.2 Å². The number of rotatable bonds is 0. The van der Waals surface area contributed by atoms with Gasteiger partial charge in [-0.15, -0.1) is 11.3 Å². The third kappa shape index (κ3) is 1.54. The molecule has 0 unspecified atom stereocenters. The van der Waals surface area contributed by atoms with Gasteiger partial charge >= 0.3 is 0 Å². The van der Waals surface area contributed by atoms with Crippen LogP contribution in [-0.4, -0.2) is 9.38 Å². The summed E-state index contributed by atoms with van der Waals surface area (Å²) in [5.74, 6) is 0. The molecule has 0 aliphatic rings. The first-order valence-electron chi connectivity index (χ1n) is 9.46. The maximum absolute atomic E-state index is 4.87. The Hall–Kier alpha value is -3.24. The zero-order valence-electron chi connectivity index (χ0n) is 15.5. The molecular formula is C24H16N3S+. The molecule has 28 heavy (non-hydrogen) atoms. The Morgan fingerprint density at radius 1 is 0.929 bits per heavy atom. The van der Waals surface area contributed by atoms with Gasteiger partial charge in [0.25, 0.3) is 6.33 Å². The van der Waals surface area contributed by atoms with Crippen LogP contribution in [0, 0.1) is 6.92 Å². The first kappa shape index (κ1) is 14.8. The molecule has 0 spiro atoms. The number of aromatic nitrogens is 3. The molecule has 4 heterocycles. The standard InChI is InChI=1S/C24H16N3S/c1-13-7-8-15-14-5-3-4-6-17(14)27-18-11-19-16(9-10-28-19)22-21(18)24(20(13)23(15)27)26(2)12-25-22/h3-12H,1-2H3/q+1. The minimum atomic E-state index is 1.10. The van der Waals surface area contributed by atoms with Crippen molar-refractivity contribution in [3.05, 3.63) is 65.8 Å². The first-order valence-corrected chi connectivity index (χ1v) is 10.3. The fourth-order valence-electron chi connectivity index (χ4n) is 5.01. The highest BCUT2D eigenvalue weighted by molar-refractivity contribution is 7.17. The van der Waals surface area contributed by atoms with Gasteiger partial charge in [-0.1, -0.05) is 30.3 Å². The van der Waals surface area contributed by atoms with Gasteiger partial charge in [0.2, 0.25) is 0 Å². The van der Waals surface area contributed by atoms with Crippen LogP contribution in [0.3, 0.4) is 0 Å². The van der Waals surface area contributed by atoms with Gasteiger partial charge < -0.3 is 4.40 Å². The van der Waals surface area contributed by atoms with Crippen molar-refractivity contribution in [2.45, 2.75) is 6.92 Å². The molecule has 132 valence electrons. The quantitative estimate of drug-likeness (QED) is 0.187. The third-order valence-corrected chi connectivity index (χ3v) is 7.05. The predicted molar refractivity (Wildman–Crippen MR) is 118 cm³/mol. The first-order chi connectivity index (χ1) is 13.7. The second-order valence-corrected chi connectivity index (χ2v) is 8.61. The highest BCUT2D eigenvalue weighted by atomic mass is 32.1. The number of para-hydroxylation sites is 1. The van der Waals surface area contributed by atoms with Gasteiger partial charge in [0, 0.05) is 26.2 Å². The average molecular weight is 378 g/mol. The molecule has 7 rings (SSSR count). The highest BCUT2D eigenvalue weighted by Crippen LogP contribution is 2.42. The summed E-state index contributed by atoms with van der Waals surface area (Å²) in [6, 6.07) is 17.8.